The molecule has 0 saturated carbocycles. The number of sulfonamides is 1. The van der Waals surface area contributed by atoms with E-state index in [4.69, 9.17) is 4.74 Å². The zero-order valence-electron chi connectivity index (χ0n) is 18.2. The van der Waals surface area contributed by atoms with Crippen molar-refractivity contribution >= 4 is 32.6 Å². The molecule has 3 rings (SSSR count). The number of allylic oxidation sites excluding steroid dienone is 1. The smallest absolute Gasteiger partial charge is 0.250 e. The maximum Gasteiger partial charge on any atom is 0.250 e. The van der Waals surface area contributed by atoms with Crippen LogP contribution in [0.15, 0.2) is 41.3 Å². The van der Waals surface area contributed by atoms with Gasteiger partial charge in [0.15, 0.2) is 4.91 Å². The van der Waals surface area contributed by atoms with Crippen LogP contribution < -0.4 is 9.62 Å². The molecule has 0 bridgehead atoms. The second kappa shape index (κ2) is 10.4. The number of aliphatic hydroxyl groups excluding tert-OH is 2. The van der Waals surface area contributed by atoms with Crippen molar-refractivity contribution in [3.63, 3.8) is 0 Å². The predicted molar refractivity (Wildman–Crippen MR) is 124 cm³/mol. The molecule has 172 valence electrons. The van der Waals surface area contributed by atoms with Crippen molar-refractivity contribution in [3.05, 3.63) is 46.9 Å². The summed E-state index contributed by atoms with van der Waals surface area (Å²) in [6.07, 6.45) is -1.44. The van der Waals surface area contributed by atoms with Crippen LogP contribution in [0.4, 0.5) is 5.69 Å². The maximum absolute atomic E-state index is 12.6. The highest BCUT2D eigenvalue weighted by Gasteiger charge is 2.32. The van der Waals surface area contributed by atoms with Crippen molar-refractivity contribution in [1.82, 2.24) is 4.72 Å². The first-order valence-electron chi connectivity index (χ1n) is 10.7. The van der Waals surface area contributed by atoms with E-state index in [2.05, 4.69) is 29.5 Å². The van der Waals surface area contributed by atoms with E-state index in [1.54, 1.807) is 12.1 Å². The molecule has 0 amide bonds. The monoisotopic (exact) mass is 459 g/mol. The number of hydrogen-bond acceptors (Lipinski definition) is 7. The number of nitrogens with zero attached hydrogens (tertiary/aromatic N) is 2. The molecule has 0 spiro atoms. The molecule has 0 radical (unpaired) electrons. The Morgan fingerprint density at radius 1 is 1.22 bits per heavy atom. The highest BCUT2D eigenvalue weighted by molar-refractivity contribution is 7.93. The minimum Gasteiger partial charge on any atom is -0.390 e. The highest BCUT2D eigenvalue weighted by Crippen LogP contribution is 2.24. The highest BCUT2D eigenvalue weighted by atomic mass is 32.2. The van der Waals surface area contributed by atoms with E-state index in [0.29, 0.717) is 5.56 Å². The summed E-state index contributed by atoms with van der Waals surface area (Å²) >= 11 is 0. The number of anilines is 1. The minimum atomic E-state index is -4.12. The molecule has 8 nitrogen and oxygen atoms in total. The Bertz CT molecular complexity index is 1120. The van der Waals surface area contributed by atoms with Gasteiger partial charge in [0.25, 0.3) is 10.0 Å². The predicted octanol–water partition coefficient (Wildman–Crippen LogP) is 1.98. The van der Waals surface area contributed by atoms with Crippen LogP contribution in [0.25, 0.3) is 16.8 Å². The first-order valence-corrected chi connectivity index (χ1v) is 12.1. The lowest BCUT2D eigenvalue weighted by Gasteiger charge is -2.31. The quantitative estimate of drug-likeness (QED) is 0.516. The normalized spacial score (nSPS) is 22.0. The molecular formula is C23H29N3O5S. The summed E-state index contributed by atoms with van der Waals surface area (Å²) in [7, 11) is -4.12. The number of hydrogen-bond donors (Lipinski definition) is 3. The largest absolute Gasteiger partial charge is 0.390 e. The van der Waals surface area contributed by atoms with Gasteiger partial charge in [0.05, 0.1) is 12.2 Å². The second-order valence-electron chi connectivity index (χ2n) is 7.69. The van der Waals surface area contributed by atoms with Crippen LogP contribution in [0.5, 0.6) is 0 Å². The third kappa shape index (κ3) is 5.46. The van der Waals surface area contributed by atoms with E-state index in [1.165, 1.54) is 6.08 Å². The third-order valence-electron chi connectivity index (χ3n) is 5.67. The van der Waals surface area contributed by atoms with Gasteiger partial charge in [0.2, 0.25) is 0 Å². The lowest BCUT2D eigenvalue weighted by atomic mass is 10.0. The van der Waals surface area contributed by atoms with E-state index in [0.717, 1.165) is 29.5 Å². The summed E-state index contributed by atoms with van der Waals surface area (Å²) in [4.78, 5) is 1.80. The standard InChI is InChI=1S/C23H29N3O5S/c1-3-26(4-2)19-8-7-17-11-16(5-6-18(17)13-19)12-20(14-24)32(29,30)25-15-22-23(28)21(27)9-10-31-22/h5-8,11-13,21-23,25,27-28H,3-4,9-10,15H2,1-2H3/b20-12+/t21-,22-,23+/m1/s1. The lowest BCUT2D eigenvalue weighted by molar-refractivity contribution is -0.131. The molecule has 1 aliphatic rings. The number of nitrogens with one attached hydrogen (secondary N) is 1. The van der Waals surface area contributed by atoms with E-state index in [9.17, 15) is 23.9 Å². The van der Waals surface area contributed by atoms with Gasteiger partial charge in [-0.05, 0) is 60.9 Å². The Hall–Kier alpha value is -2.48. The molecule has 2 aromatic rings. The molecular weight excluding hydrogens is 430 g/mol. The van der Waals surface area contributed by atoms with Crippen LogP contribution >= 0.6 is 0 Å². The van der Waals surface area contributed by atoms with Crippen LogP contribution in [0.3, 0.4) is 0 Å². The van der Waals surface area contributed by atoms with Crippen molar-refractivity contribution in [1.29, 1.82) is 5.26 Å². The fourth-order valence-electron chi connectivity index (χ4n) is 3.75. The summed E-state index contributed by atoms with van der Waals surface area (Å²) in [5, 5.41) is 31.1. The molecule has 2 aromatic carbocycles. The molecule has 32 heavy (non-hydrogen) atoms. The Morgan fingerprint density at radius 2 is 1.91 bits per heavy atom. The number of benzene rings is 2. The molecule has 3 N–H and O–H groups in total. The number of rotatable bonds is 8. The van der Waals surface area contributed by atoms with Crippen molar-refractivity contribution in [3.8, 4) is 6.07 Å². The van der Waals surface area contributed by atoms with Crippen LogP contribution in [-0.2, 0) is 14.8 Å². The maximum atomic E-state index is 12.6. The van der Waals surface area contributed by atoms with Crippen LogP contribution in [0, 0.1) is 11.3 Å². The second-order valence-corrected chi connectivity index (χ2v) is 9.43. The summed E-state index contributed by atoms with van der Waals surface area (Å²) in [6, 6.07) is 13.3. The molecule has 9 heteroatoms. The van der Waals surface area contributed by atoms with Crippen LogP contribution in [-0.4, -0.2) is 63.2 Å². The number of nitriles is 1. The number of ether oxygens (including phenoxy) is 1. The Labute approximate surface area is 188 Å². The molecule has 0 aromatic heterocycles. The average Bonchev–Trinajstić information content (AvgIpc) is 2.79. The van der Waals surface area contributed by atoms with Crippen molar-refractivity contribution < 1.29 is 23.4 Å². The topological polar surface area (TPSA) is 123 Å². The fraction of sp³-hybridized carbons (Fsp3) is 0.435. The summed E-state index contributed by atoms with van der Waals surface area (Å²) in [5.41, 5.74) is 1.70. The number of fused-ring (bicyclic) bond motifs is 1. The van der Waals surface area contributed by atoms with Gasteiger partial charge in [-0.2, -0.15) is 5.26 Å². The summed E-state index contributed by atoms with van der Waals surface area (Å²) in [5.74, 6) is 0. The van der Waals surface area contributed by atoms with Crippen LogP contribution in [0.1, 0.15) is 25.8 Å². The van der Waals surface area contributed by atoms with E-state index < -0.39 is 33.2 Å². The molecule has 1 heterocycles. The summed E-state index contributed by atoms with van der Waals surface area (Å²) in [6.45, 7) is 5.98. The zero-order chi connectivity index (χ0) is 23.3. The Balaban J connectivity index is 1.79. The molecule has 1 aliphatic heterocycles. The third-order valence-corrected chi connectivity index (χ3v) is 7.00. The van der Waals surface area contributed by atoms with Crippen LogP contribution in [0.2, 0.25) is 0 Å². The molecule has 0 aliphatic carbocycles. The van der Waals surface area contributed by atoms with Gasteiger partial charge >= 0.3 is 0 Å². The molecule has 0 unspecified atom stereocenters. The van der Waals surface area contributed by atoms with Gasteiger partial charge in [-0.25, -0.2) is 13.1 Å². The van der Waals surface area contributed by atoms with Gasteiger partial charge in [0.1, 0.15) is 12.2 Å². The van der Waals surface area contributed by atoms with Crippen molar-refractivity contribution in [2.45, 2.75) is 38.6 Å². The molecule has 3 atom stereocenters. The van der Waals surface area contributed by atoms with Gasteiger partial charge in [0, 0.05) is 31.9 Å². The van der Waals surface area contributed by atoms with Gasteiger partial charge in [-0.15, -0.1) is 0 Å². The molecule has 1 fully saturated rings. The van der Waals surface area contributed by atoms with E-state index in [-0.39, 0.29) is 19.6 Å². The zero-order valence-corrected chi connectivity index (χ0v) is 19.0. The van der Waals surface area contributed by atoms with Gasteiger partial charge < -0.3 is 19.8 Å². The average molecular weight is 460 g/mol. The van der Waals surface area contributed by atoms with E-state index >= 15 is 0 Å². The number of aliphatic hydroxyl groups is 2. The first kappa shape index (κ1) is 24.2. The minimum absolute atomic E-state index is 0.221. The first-order chi connectivity index (χ1) is 15.3. The lowest BCUT2D eigenvalue weighted by Crippen LogP contribution is -2.49. The van der Waals surface area contributed by atoms with Gasteiger partial charge in [-0.3, -0.25) is 0 Å². The van der Waals surface area contributed by atoms with Crippen molar-refractivity contribution in [2.75, 3.05) is 31.1 Å². The summed E-state index contributed by atoms with van der Waals surface area (Å²) < 4.78 is 32.9. The fourth-order valence-corrected chi connectivity index (χ4v) is 4.71. The Morgan fingerprint density at radius 3 is 2.59 bits per heavy atom. The van der Waals surface area contributed by atoms with Crippen molar-refractivity contribution in [2.24, 2.45) is 0 Å². The van der Waals surface area contributed by atoms with E-state index in [1.807, 2.05) is 24.3 Å². The Kier molecular flexibility index (Phi) is 7.87. The SMILES string of the molecule is CCN(CC)c1ccc2cc(/C=C(\C#N)S(=O)(=O)NC[C@H]3OCC[C@@H](O)[C@@H]3O)ccc2c1. The molecule has 1 saturated heterocycles. The van der Waals surface area contributed by atoms with Gasteiger partial charge in [-0.1, -0.05) is 18.2 Å².